The van der Waals surface area contributed by atoms with Crippen LogP contribution >= 0.6 is 23.4 Å². The molecule has 0 spiro atoms. The van der Waals surface area contributed by atoms with Crippen molar-refractivity contribution in [3.8, 4) is 0 Å². The van der Waals surface area contributed by atoms with Crippen LogP contribution in [-0.2, 0) is 6.54 Å². The molecule has 16 heavy (non-hydrogen) atoms. The van der Waals surface area contributed by atoms with Crippen molar-refractivity contribution in [3.05, 3.63) is 22.8 Å². The van der Waals surface area contributed by atoms with Crippen LogP contribution in [0.1, 0.15) is 5.56 Å². The van der Waals surface area contributed by atoms with Crippen LogP contribution in [0.4, 0.5) is 5.82 Å². The Balaban J connectivity index is 2.73. The zero-order chi connectivity index (χ0) is 12.0. The van der Waals surface area contributed by atoms with E-state index in [2.05, 4.69) is 21.5 Å². The highest BCUT2D eigenvalue weighted by atomic mass is 35.5. The van der Waals surface area contributed by atoms with Crippen LogP contribution in [0.2, 0.25) is 5.02 Å². The maximum atomic E-state index is 6.20. The van der Waals surface area contributed by atoms with Crippen molar-refractivity contribution >= 4 is 29.2 Å². The molecular formula is C11H18ClN3S. The number of pyridine rings is 1. The molecule has 1 aromatic rings. The highest BCUT2D eigenvalue weighted by Crippen LogP contribution is 2.23. The van der Waals surface area contributed by atoms with Crippen molar-refractivity contribution in [1.82, 2.24) is 10.3 Å². The van der Waals surface area contributed by atoms with Gasteiger partial charge in [0.25, 0.3) is 0 Å². The lowest BCUT2D eigenvalue weighted by molar-refractivity contribution is 0.811. The standard InChI is InChI=1S/C11H18ClN3S/c1-13-7-9-6-10(12)11(14-8-9)15(2)4-5-16-3/h6,8,13H,4-5,7H2,1-3H3. The molecule has 1 aromatic heterocycles. The summed E-state index contributed by atoms with van der Waals surface area (Å²) in [6.07, 6.45) is 3.96. The number of hydrogen-bond acceptors (Lipinski definition) is 4. The molecule has 0 atom stereocenters. The molecule has 1 N–H and O–H groups in total. The van der Waals surface area contributed by atoms with Gasteiger partial charge in [-0.3, -0.25) is 0 Å². The molecule has 0 fully saturated rings. The Morgan fingerprint density at radius 1 is 1.56 bits per heavy atom. The summed E-state index contributed by atoms with van der Waals surface area (Å²) >= 11 is 8.02. The van der Waals surface area contributed by atoms with Crippen LogP contribution in [0.3, 0.4) is 0 Å². The molecule has 90 valence electrons. The highest BCUT2D eigenvalue weighted by molar-refractivity contribution is 7.98. The first-order valence-electron chi connectivity index (χ1n) is 5.18. The minimum absolute atomic E-state index is 0.719. The number of aromatic nitrogens is 1. The predicted molar refractivity (Wildman–Crippen MR) is 73.7 cm³/mol. The Morgan fingerprint density at radius 3 is 2.88 bits per heavy atom. The minimum atomic E-state index is 0.719. The van der Waals surface area contributed by atoms with E-state index in [9.17, 15) is 0 Å². The van der Waals surface area contributed by atoms with E-state index >= 15 is 0 Å². The van der Waals surface area contributed by atoms with E-state index in [1.165, 1.54) is 0 Å². The second-order valence-corrected chi connectivity index (χ2v) is 4.99. The molecule has 1 rings (SSSR count). The third-order valence-corrected chi connectivity index (χ3v) is 3.12. The van der Waals surface area contributed by atoms with Crippen molar-refractivity contribution in [2.24, 2.45) is 0 Å². The van der Waals surface area contributed by atoms with Gasteiger partial charge in [0.15, 0.2) is 0 Å². The van der Waals surface area contributed by atoms with Crippen LogP contribution in [-0.4, -0.2) is 37.6 Å². The summed E-state index contributed by atoms with van der Waals surface area (Å²) in [5, 5.41) is 3.80. The average molecular weight is 260 g/mol. The zero-order valence-electron chi connectivity index (χ0n) is 9.96. The van der Waals surface area contributed by atoms with Gasteiger partial charge in [0, 0.05) is 32.1 Å². The molecule has 0 unspecified atom stereocenters. The maximum absolute atomic E-state index is 6.20. The van der Waals surface area contributed by atoms with Crippen molar-refractivity contribution in [2.45, 2.75) is 6.54 Å². The first-order valence-corrected chi connectivity index (χ1v) is 6.95. The lowest BCUT2D eigenvalue weighted by Gasteiger charge is -2.19. The summed E-state index contributed by atoms with van der Waals surface area (Å²) < 4.78 is 0. The SMILES string of the molecule is CNCc1cnc(N(C)CCSC)c(Cl)c1. The molecule has 1 heterocycles. The van der Waals surface area contributed by atoms with Gasteiger partial charge in [0.1, 0.15) is 5.82 Å². The third-order valence-electron chi connectivity index (χ3n) is 2.25. The second-order valence-electron chi connectivity index (χ2n) is 3.59. The lowest BCUT2D eigenvalue weighted by atomic mass is 10.3. The topological polar surface area (TPSA) is 28.2 Å². The summed E-state index contributed by atoms with van der Waals surface area (Å²) in [7, 11) is 3.93. The molecular weight excluding hydrogens is 242 g/mol. The molecule has 0 aromatic carbocycles. The van der Waals surface area contributed by atoms with Gasteiger partial charge >= 0.3 is 0 Å². The highest BCUT2D eigenvalue weighted by Gasteiger charge is 2.07. The fourth-order valence-corrected chi connectivity index (χ4v) is 2.18. The number of rotatable bonds is 6. The first-order chi connectivity index (χ1) is 7.69. The number of thioether (sulfide) groups is 1. The summed E-state index contributed by atoms with van der Waals surface area (Å²) in [4.78, 5) is 6.48. The van der Waals surface area contributed by atoms with Crippen LogP contribution in [0.25, 0.3) is 0 Å². The predicted octanol–water partition coefficient (Wildman–Crippen LogP) is 2.25. The third kappa shape index (κ3) is 3.85. The molecule has 0 bridgehead atoms. The van der Waals surface area contributed by atoms with Crippen LogP contribution in [0.15, 0.2) is 12.3 Å². The largest absolute Gasteiger partial charge is 0.358 e. The summed E-state index contributed by atoms with van der Waals surface area (Å²) in [6, 6.07) is 1.97. The van der Waals surface area contributed by atoms with Gasteiger partial charge in [0.05, 0.1) is 5.02 Å². The molecule has 0 radical (unpaired) electrons. The Hall–Kier alpha value is -0.450. The van der Waals surface area contributed by atoms with Gasteiger partial charge in [-0.25, -0.2) is 4.98 Å². The number of nitrogens with one attached hydrogen (secondary N) is 1. The van der Waals surface area contributed by atoms with E-state index in [4.69, 9.17) is 11.6 Å². The van der Waals surface area contributed by atoms with Crippen LogP contribution in [0.5, 0.6) is 0 Å². The summed E-state index contributed by atoms with van der Waals surface area (Å²) in [5.41, 5.74) is 1.11. The Kier molecular flexibility index (Phi) is 5.95. The van der Waals surface area contributed by atoms with Gasteiger partial charge in [-0.1, -0.05) is 11.6 Å². The van der Waals surface area contributed by atoms with Gasteiger partial charge in [-0.15, -0.1) is 0 Å². The summed E-state index contributed by atoms with van der Waals surface area (Å²) in [6.45, 7) is 1.75. The molecule has 0 aliphatic carbocycles. The van der Waals surface area contributed by atoms with E-state index in [1.807, 2.05) is 38.1 Å². The summed E-state index contributed by atoms with van der Waals surface area (Å²) in [5.74, 6) is 1.93. The van der Waals surface area contributed by atoms with Gasteiger partial charge in [-0.05, 0) is 24.9 Å². The first kappa shape index (κ1) is 13.6. The molecule has 0 amide bonds. The van der Waals surface area contributed by atoms with Crippen LogP contribution in [0, 0.1) is 0 Å². The zero-order valence-corrected chi connectivity index (χ0v) is 11.5. The van der Waals surface area contributed by atoms with E-state index < -0.39 is 0 Å². The normalized spacial score (nSPS) is 10.5. The van der Waals surface area contributed by atoms with E-state index in [-0.39, 0.29) is 0 Å². The number of hydrogen-bond donors (Lipinski definition) is 1. The fraction of sp³-hybridized carbons (Fsp3) is 0.545. The lowest BCUT2D eigenvalue weighted by Crippen LogP contribution is -2.21. The van der Waals surface area contributed by atoms with Gasteiger partial charge in [-0.2, -0.15) is 11.8 Å². The Morgan fingerprint density at radius 2 is 2.31 bits per heavy atom. The van der Waals surface area contributed by atoms with Gasteiger partial charge in [0.2, 0.25) is 0 Å². The molecule has 0 aliphatic heterocycles. The quantitative estimate of drug-likeness (QED) is 0.848. The monoisotopic (exact) mass is 259 g/mol. The van der Waals surface area contributed by atoms with Crippen LogP contribution < -0.4 is 10.2 Å². The van der Waals surface area contributed by atoms with Gasteiger partial charge < -0.3 is 10.2 Å². The number of nitrogens with zero attached hydrogens (tertiary/aromatic N) is 2. The Labute approximate surface area is 107 Å². The fourth-order valence-electron chi connectivity index (χ4n) is 1.39. The van der Waals surface area contributed by atoms with E-state index in [0.717, 1.165) is 35.2 Å². The average Bonchev–Trinajstić information content (AvgIpc) is 2.26. The minimum Gasteiger partial charge on any atom is -0.358 e. The van der Waals surface area contributed by atoms with Crippen molar-refractivity contribution < 1.29 is 0 Å². The maximum Gasteiger partial charge on any atom is 0.147 e. The second kappa shape index (κ2) is 6.99. The number of halogens is 1. The van der Waals surface area contributed by atoms with E-state index in [0.29, 0.717) is 0 Å². The number of anilines is 1. The van der Waals surface area contributed by atoms with Crippen molar-refractivity contribution in [1.29, 1.82) is 0 Å². The molecule has 3 nitrogen and oxygen atoms in total. The molecule has 5 heteroatoms. The molecule has 0 saturated heterocycles. The molecule has 0 aliphatic rings. The van der Waals surface area contributed by atoms with Crippen molar-refractivity contribution in [2.75, 3.05) is 37.5 Å². The van der Waals surface area contributed by atoms with Crippen molar-refractivity contribution in [3.63, 3.8) is 0 Å². The smallest absolute Gasteiger partial charge is 0.147 e. The Bertz CT molecular complexity index is 333. The molecule has 0 saturated carbocycles. The van der Waals surface area contributed by atoms with E-state index in [1.54, 1.807) is 0 Å².